The number of anilines is 1. The molecule has 0 radical (unpaired) electrons. The van der Waals surface area contributed by atoms with Gasteiger partial charge in [-0.3, -0.25) is 4.79 Å². The minimum atomic E-state index is -0.199. The van der Waals surface area contributed by atoms with Crippen LogP contribution < -0.4 is 15.0 Å². The van der Waals surface area contributed by atoms with Gasteiger partial charge in [-0.1, -0.05) is 5.21 Å². The van der Waals surface area contributed by atoms with Gasteiger partial charge in [-0.2, -0.15) is 5.26 Å². The number of aromatic nitrogens is 3. The van der Waals surface area contributed by atoms with Crippen LogP contribution in [0.1, 0.15) is 48.4 Å². The Bertz CT molecular complexity index is 1140. The lowest BCUT2D eigenvalue weighted by Crippen LogP contribution is -2.45. The van der Waals surface area contributed by atoms with E-state index in [1.54, 1.807) is 4.68 Å². The number of carbonyl (C=O) groups is 1. The molecule has 1 saturated heterocycles. The van der Waals surface area contributed by atoms with Crippen LogP contribution in [0.15, 0.2) is 48.5 Å². The van der Waals surface area contributed by atoms with Crippen molar-refractivity contribution in [1.82, 2.24) is 20.3 Å². The number of carbonyl (C=O) groups excluding carboxylic acids is 1. The minimum Gasteiger partial charge on any atom is -0.491 e. The highest BCUT2D eigenvalue weighted by Gasteiger charge is 2.24. The van der Waals surface area contributed by atoms with Gasteiger partial charge < -0.3 is 15.0 Å². The fourth-order valence-corrected chi connectivity index (χ4v) is 4.00. The van der Waals surface area contributed by atoms with Crippen LogP contribution in [0, 0.1) is 18.3 Å². The largest absolute Gasteiger partial charge is 0.491 e. The van der Waals surface area contributed by atoms with E-state index in [1.807, 2.05) is 69.3 Å². The topological polar surface area (TPSA) is 96.1 Å². The molecule has 4 rings (SSSR count). The van der Waals surface area contributed by atoms with Gasteiger partial charge in [-0.15, -0.1) is 5.10 Å². The predicted molar refractivity (Wildman–Crippen MR) is 126 cm³/mol. The van der Waals surface area contributed by atoms with Gasteiger partial charge in [0.1, 0.15) is 5.75 Å². The molecular weight excluding hydrogens is 416 g/mol. The second-order valence-electron chi connectivity index (χ2n) is 8.49. The van der Waals surface area contributed by atoms with Crippen LogP contribution in [0.5, 0.6) is 5.75 Å². The van der Waals surface area contributed by atoms with Crippen LogP contribution in [0.3, 0.4) is 0 Å². The van der Waals surface area contributed by atoms with Gasteiger partial charge in [0.2, 0.25) is 0 Å². The van der Waals surface area contributed by atoms with Crippen molar-refractivity contribution >= 4 is 11.6 Å². The molecule has 1 N–H and O–H groups in total. The molecule has 1 aromatic heterocycles. The fraction of sp³-hybridized carbons (Fsp3) is 0.360. The number of hydrogen-bond acceptors (Lipinski definition) is 6. The Kier molecular flexibility index (Phi) is 6.59. The van der Waals surface area contributed by atoms with E-state index in [2.05, 4.69) is 26.6 Å². The third-order valence-corrected chi connectivity index (χ3v) is 5.75. The Morgan fingerprint density at radius 2 is 1.73 bits per heavy atom. The number of nitrogens with one attached hydrogen (secondary N) is 1. The van der Waals surface area contributed by atoms with Gasteiger partial charge in [-0.25, -0.2) is 4.68 Å². The Morgan fingerprint density at radius 1 is 1.09 bits per heavy atom. The van der Waals surface area contributed by atoms with Crippen LogP contribution >= 0.6 is 0 Å². The molecule has 0 bridgehead atoms. The maximum atomic E-state index is 12.9. The van der Waals surface area contributed by atoms with Crippen molar-refractivity contribution < 1.29 is 9.53 Å². The molecule has 1 aliphatic heterocycles. The van der Waals surface area contributed by atoms with Crippen molar-refractivity contribution in [2.24, 2.45) is 0 Å². The number of ether oxygens (including phenoxy) is 1. The smallest absolute Gasteiger partial charge is 0.273 e. The molecule has 3 aromatic rings. The molecule has 0 aliphatic carbocycles. The number of nitrogens with zero attached hydrogens (tertiary/aromatic N) is 5. The van der Waals surface area contributed by atoms with Crippen molar-refractivity contribution in [2.75, 3.05) is 18.0 Å². The van der Waals surface area contributed by atoms with E-state index >= 15 is 0 Å². The van der Waals surface area contributed by atoms with E-state index in [-0.39, 0.29) is 18.1 Å². The summed E-state index contributed by atoms with van der Waals surface area (Å²) in [5, 5.41) is 20.4. The van der Waals surface area contributed by atoms with Crippen LogP contribution in [0.4, 0.5) is 5.69 Å². The summed E-state index contributed by atoms with van der Waals surface area (Å²) in [6, 6.07) is 17.4. The van der Waals surface area contributed by atoms with Crippen LogP contribution in [-0.4, -0.2) is 46.1 Å². The monoisotopic (exact) mass is 444 g/mol. The fourth-order valence-electron chi connectivity index (χ4n) is 4.00. The summed E-state index contributed by atoms with van der Waals surface area (Å²) in [5.74, 6) is 0.590. The van der Waals surface area contributed by atoms with Crippen molar-refractivity contribution in [1.29, 1.82) is 5.26 Å². The molecule has 1 amide bonds. The molecule has 2 aromatic carbocycles. The average Bonchev–Trinajstić information content (AvgIpc) is 3.21. The number of amides is 1. The summed E-state index contributed by atoms with van der Waals surface area (Å²) in [6.45, 7) is 7.50. The summed E-state index contributed by atoms with van der Waals surface area (Å²) >= 11 is 0. The lowest BCUT2D eigenvalue weighted by molar-refractivity contribution is 0.0925. The van der Waals surface area contributed by atoms with Crippen molar-refractivity contribution in [3.63, 3.8) is 0 Å². The van der Waals surface area contributed by atoms with E-state index in [1.165, 1.54) is 0 Å². The first kappa shape index (κ1) is 22.3. The normalized spacial score (nSPS) is 14.2. The maximum absolute atomic E-state index is 12.9. The lowest BCUT2D eigenvalue weighted by Gasteiger charge is -2.33. The molecule has 1 fully saturated rings. The number of piperidine rings is 1. The summed E-state index contributed by atoms with van der Waals surface area (Å²) in [5.41, 5.74) is 3.62. The molecule has 33 heavy (non-hydrogen) atoms. The SMILES string of the molecule is Cc1c(C(=O)NC2CCN(c3ccc(C#N)cc3)CC2)nnn1-c1ccc(OC(C)C)cc1. The molecule has 0 unspecified atom stereocenters. The van der Waals surface area contributed by atoms with Gasteiger partial charge in [0.15, 0.2) is 5.69 Å². The van der Waals surface area contributed by atoms with Crippen LogP contribution in [0.25, 0.3) is 5.69 Å². The van der Waals surface area contributed by atoms with E-state index in [0.29, 0.717) is 17.0 Å². The standard InChI is InChI=1S/C25H28N6O2/c1-17(2)33-23-10-8-22(9-11-23)31-18(3)24(28-29-31)25(32)27-20-12-14-30(15-13-20)21-6-4-19(16-26)5-7-21/h4-11,17,20H,12-15H2,1-3H3,(H,27,32). The first-order valence-corrected chi connectivity index (χ1v) is 11.2. The number of nitriles is 1. The predicted octanol–water partition coefficient (Wildman–Crippen LogP) is 3.63. The number of benzene rings is 2. The van der Waals surface area contributed by atoms with E-state index in [4.69, 9.17) is 10.00 Å². The van der Waals surface area contributed by atoms with E-state index in [0.717, 1.165) is 43.1 Å². The molecular formula is C25H28N6O2. The lowest BCUT2D eigenvalue weighted by atomic mass is 10.0. The molecule has 8 nitrogen and oxygen atoms in total. The molecule has 2 heterocycles. The molecule has 170 valence electrons. The summed E-state index contributed by atoms with van der Waals surface area (Å²) in [4.78, 5) is 15.2. The highest BCUT2D eigenvalue weighted by Crippen LogP contribution is 2.21. The zero-order valence-corrected chi connectivity index (χ0v) is 19.2. The summed E-state index contributed by atoms with van der Waals surface area (Å²) in [6.07, 6.45) is 1.79. The van der Waals surface area contributed by atoms with Crippen LogP contribution in [0.2, 0.25) is 0 Å². The van der Waals surface area contributed by atoms with Gasteiger partial charge >= 0.3 is 0 Å². The minimum absolute atomic E-state index is 0.0872. The maximum Gasteiger partial charge on any atom is 0.273 e. The molecule has 0 atom stereocenters. The van der Waals surface area contributed by atoms with E-state index in [9.17, 15) is 4.79 Å². The van der Waals surface area contributed by atoms with Crippen molar-refractivity contribution in [2.45, 2.75) is 45.8 Å². The quantitative estimate of drug-likeness (QED) is 0.624. The molecule has 0 spiro atoms. The first-order valence-electron chi connectivity index (χ1n) is 11.2. The van der Waals surface area contributed by atoms with E-state index < -0.39 is 0 Å². The van der Waals surface area contributed by atoms with Crippen molar-refractivity contribution in [3.8, 4) is 17.5 Å². The van der Waals surface area contributed by atoms with Gasteiger partial charge in [0, 0.05) is 24.8 Å². The second kappa shape index (κ2) is 9.74. The molecule has 0 saturated carbocycles. The highest BCUT2D eigenvalue weighted by molar-refractivity contribution is 5.93. The Hall–Kier alpha value is -3.86. The number of hydrogen-bond donors (Lipinski definition) is 1. The first-order chi connectivity index (χ1) is 15.9. The second-order valence-corrected chi connectivity index (χ2v) is 8.49. The zero-order valence-electron chi connectivity index (χ0n) is 19.2. The Labute approximate surface area is 193 Å². The van der Waals surface area contributed by atoms with Crippen molar-refractivity contribution in [3.05, 3.63) is 65.5 Å². The van der Waals surface area contributed by atoms with Gasteiger partial charge in [-0.05, 0) is 82.1 Å². The Balaban J connectivity index is 1.36. The van der Waals surface area contributed by atoms with Gasteiger partial charge in [0.05, 0.1) is 29.1 Å². The zero-order chi connectivity index (χ0) is 23.4. The molecule has 1 aliphatic rings. The number of rotatable bonds is 6. The molecule has 8 heteroatoms. The summed E-state index contributed by atoms with van der Waals surface area (Å²) in [7, 11) is 0. The van der Waals surface area contributed by atoms with Crippen LogP contribution in [-0.2, 0) is 0 Å². The average molecular weight is 445 g/mol. The third kappa shape index (κ3) is 5.14. The Morgan fingerprint density at radius 3 is 2.33 bits per heavy atom. The summed E-state index contributed by atoms with van der Waals surface area (Å²) < 4.78 is 7.35. The highest BCUT2D eigenvalue weighted by atomic mass is 16.5. The van der Waals surface area contributed by atoms with Gasteiger partial charge in [0.25, 0.3) is 5.91 Å². The third-order valence-electron chi connectivity index (χ3n) is 5.75.